The van der Waals surface area contributed by atoms with Crippen molar-refractivity contribution in [1.29, 1.82) is 0 Å². The fourth-order valence-electron chi connectivity index (χ4n) is 1.69. The molecule has 1 atom stereocenters. The summed E-state index contributed by atoms with van der Waals surface area (Å²) in [6.07, 6.45) is 0.938. The molecule has 1 unspecified atom stereocenters. The zero-order valence-corrected chi connectivity index (χ0v) is 11.3. The third-order valence-electron chi connectivity index (χ3n) is 2.89. The van der Waals surface area contributed by atoms with Crippen LogP contribution in [0, 0.1) is 0 Å². The number of methoxy groups -OCH3 is 1. The summed E-state index contributed by atoms with van der Waals surface area (Å²) in [5.74, 6) is 0.677. The minimum Gasteiger partial charge on any atom is -0.497 e. The molecule has 0 spiro atoms. The van der Waals surface area contributed by atoms with E-state index in [0.29, 0.717) is 6.54 Å². The van der Waals surface area contributed by atoms with Crippen LogP contribution in [0.5, 0.6) is 5.75 Å². The van der Waals surface area contributed by atoms with Crippen molar-refractivity contribution in [2.24, 2.45) is 0 Å². The van der Waals surface area contributed by atoms with Gasteiger partial charge in [0.25, 0.3) is 0 Å². The molecule has 0 saturated carbocycles. The number of hydrogen-bond acceptors (Lipinski definition) is 3. The van der Waals surface area contributed by atoms with Gasteiger partial charge in [0.1, 0.15) is 5.75 Å². The highest BCUT2D eigenvalue weighted by atomic mass is 16.5. The van der Waals surface area contributed by atoms with Gasteiger partial charge in [-0.05, 0) is 44.6 Å². The molecule has 1 aromatic carbocycles. The smallest absolute Gasteiger partial charge is 0.227 e. The first-order valence-corrected chi connectivity index (χ1v) is 6.25. The van der Waals surface area contributed by atoms with Crippen LogP contribution in [0.4, 0.5) is 0 Å². The molecule has 18 heavy (non-hydrogen) atoms. The fourth-order valence-corrected chi connectivity index (χ4v) is 1.69. The molecular weight excluding hydrogens is 228 g/mol. The number of hydrogen-bond donors (Lipinski definition) is 2. The zero-order chi connectivity index (χ0) is 13.4. The number of carbonyl (C=O) groups excluding carboxylic acids is 1. The molecule has 4 heteroatoms. The van der Waals surface area contributed by atoms with E-state index in [1.165, 1.54) is 0 Å². The lowest BCUT2D eigenvalue weighted by Crippen LogP contribution is -2.30. The normalized spacial score (nSPS) is 11.9. The van der Waals surface area contributed by atoms with E-state index in [1.54, 1.807) is 7.11 Å². The first kappa shape index (κ1) is 14.5. The molecule has 0 aliphatic carbocycles. The molecule has 2 N–H and O–H groups in total. The van der Waals surface area contributed by atoms with E-state index in [1.807, 2.05) is 38.2 Å². The summed E-state index contributed by atoms with van der Waals surface area (Å²) >= 11 is 0. The Morgan fingerprint density at radius 2 is 2.17 bits per heavy atom. The van der Waals surface area contributed by atoms with Gasteiger partial charge in [-0.3, -0.25) is 4.79 Å². The summed E-state index contributed by atoms with van der Waals surface area (Å²) in [4.78, 5) is 11.9. The molecule has 0 fully saturated rings. The lowest BCUT2D eigenvalue weighted by atomic mass is 10.00. The van der Waals surface area contributed by atoms with E-state index in [-0.39, 0.29) is 11.8 Å². The molecule has 1 rings (SSSR count). The Hall–Kier alpha value is -1.55. The molecule has 1 aromatic rings. The Kier molecular flexibility index (Phi) is 6.22. The fraction of sp³-hybridized carbons (Fsp3) is 0.500. The lowest BCUT2D eigenvalue weighted by Gasteiger charge is -2.13. The van der Waals surface area contributed by atoms with Crippen LogP contribution in [0.25, 0.3) is 0 Å². The van der Waals surface area contributed by atoms with E-state index >= 15 is 0 Å². The highest BCUT2D eigenvalue weighted by Gasteiger charge is 2.14. The van der Waals surface area contributed by atoms with Crippen LogP contribution in [0.15, 0.2) is 24.3 Å². The number of amides is 1. The van der Waals surface area contributed by atoms with E-state index in [2.05, 4.69) is 10.6 Å². The third kappa shape index (κ3) is 4.37. The van der Waals surface area contributed by atoms with E-state index in [0.717, 1.165) is 24.3 Å². The predicted molar refractivity (Wildman–Crippen MR) is 73.0 cm³/mol. The van der Waals surface area contributed by atoms with Gasteiger partial charge in [0.05, 0.1) is 13.0 Å². The molecule has 0 aliphatic rings. The number of ether oxygens (including phenoxy) is 1. The van der Waals surface area contributed by atoms with Crippen molar-refractivity contribution in [3.05, 3.63) is 29.8 Å². The van der Waals surface area contributed by atoms with Gasteiger partial charge >= 0.3 is 0 Å². The van der Waals surface area contributed by atoms with Crippen LogP contribution in [-0.2, 0) is 4.79 Å². The minimum absolute atomic E-state index is 0.0550. The SMILES string of the molecule is CNCCCNC(=O)C(C)c1cccc(OC)c1. The first-order chi connectivity index (χ1) is 8.69. The summed E-state index contributed by atoms with van der Waals surface area (Å²) in [6, 6.07) is 7.62. The third-order valence-corrected chi connectivity index (χ3v) is 2.89. The van der Waals surface area contributed by atoms with Crippen molar-refractivity contribution in [3.8, 4) is 5.75 Å². The maximum Gasteiger partial charge on any atom is 0.227 e. The van der Waals surface area contributed by atoms with Crippen molar-refractivity contribution in [2.75, 3.05) is 27.2 Å². The summed E-state index contributed by atoms with van der Waals surface area (Å²) in [6.45, 7) is 3.52. The second-order valence-electron chi connectivity index (χ2n) is 4.25. The number of benzene rings is 1. The monoisotopic (exact) mass is 250 g/mol. The molecule has 4 nitrogen and oxygen atoms in total. The molecule has 1 amide bonds. The number of rotatable bonds is 7. The Morgan fingerprint density at radius 1 is 1.39 bits per heavy atom. The van der Waals surface area contributed by atoms with Crippen molar-refractivity contribution < 1.29 is 9.53 Å². The van der Waals surface area contributed by atoms with Gasteiger partial charge in [-0.25, -0.2) is 0 Å². The summed E-state index contributed by atoms with van der Waals surface area (Å²) in [5.41, 5.74) is 0.973. The van der Waals surface area contributed by atoms with Crippen LogP contribution in [0.3, 0.4) is 0 Å². The van der Waals surface area contributed by atoms with Crippen molar-refractivity contribution in [1.82, 2.24) is 10.6 Å². The second-order valence-corrected chi connectivity index (χ2v) is 4.25. The van der Waals surface area contributed by atoms with Crippen LogP contribution >= 0.6 is 0 Å². The second kappa shape index (κ2) is 7.71. The molecule has 0 bridgehead atoms. The van der Waals surface area contributed by atoms with Crippen LogP contribution in [0.2, 0.25) is 0 Å². The van der Waals surface area contributed by atoms with Gasteiger partial charge in [0, 0.05) is 6.54 Å². The molecule has 0 saturated heterocycles. The van der Waals surface area contributed by atoms with Gasteiger partial charge in [0.15, 0.2) is 0 Å². The van der Waals surface area contributed by atoms with Gasteiger partial charge in [0.2, 0.25) is 5.91 Å². The first-order valence-electron chi connectivity index (χ1n) is 6.25. The van der Waals surface area contributed by atoms with Gasteiger partial charge in [-0.2, -0.15) is 0 Å². The largest absolute Gasteiger partial charge is 0.497 e. The van der Waals surface area contributed by atoms with Gasteiger partial charge < -0.3 is 15.4 Å². The van der Waals surface area contributed by atoms with E-state index < -0.39 is 0 Å². The Labute approximate surface area is 109 Å². The van der Waals surface area contributed by atoms with E-state index in [9.17, 15) is 4.79 Å². The Morgan fingerprint density at radius 3 is 2.83 bits per heavy atom. The van der Waals surface area contributed by atoms with Crippen molar-refractivity contribution >= 4 is 5.91 Å². The quantitative estimate of drug-likeness (QED) is 0.721. The predicted octanol–water partition coefficient (Wildman–Crippen LogP) is 1.52. The molecule has 0 aromatic heterocycles. The molecule has 100 valence electrons. The maximum atomic E-state index is 11.9. The standard InChI is InChI=1S/C14H22N2O2/c1-11(14(17)16-9-5-8-15-2)12-6-4-7-13(10-12)18-3/h4,6-7,10-11,15H,5,8-9H2,1-3H3,(H,16,17). The maximum absolute atomic E-state index is 11.9. The molecule has 0 radical (unpaired) electrons. The molecule has 0 heterocycles. The lowest BCUT2D eigenvalue weighted by molar-refractivity contribution is -0.122. The van der Waals surface area contributed by atoms with Gasteiger partial charge in [-0.1, -0.05) is 12.1 Å². The molecule has 0 aliphatic heterocycles. The average molecular weight is 250 g/mol. The van der Waals surface area contributed by atoms with E-state index in [4.69, 9.17) is 4.74 Å². The van der Waals surface area contributed by atoms with Crippen molar-refractivity contribution in [2.45, 2.75) is 19.3 Å². The number of nitrogens with one attached hydrogen (secondary N) is 2. The zero-order valence-electron chi connectivity index (χ0n) is 11.3. The summed E-state index contributed by atoms with van der Waals surface area (Å²) < 4.78 is 5.16. The van der Waals surface area contributed by atoms with Crippen molar-refractivity contribution in [3.63, 3.8) is 0 Å². The highest BCUT2D eigenvalue weighted by molar-refractivity contribution is 5.83. The minimum atomic E-state index is -0.158. The highest BCUT2D eigenvalue weighted by Crippen LogP contribution is 2.20. The van der Waals surface area contributed by atoms with Crippen LogP contribution in [0.1, 0.15) is 24.8 Å². The summed E-state index contributed by atoms with van der Waals surface area (Å²) in [5, 5.41) is 5.98. The topological polar surface area (TPSA) is 50.4 Å². The Bertz CT molecular complexity index is 380. The van der Waals surface area contributed by atoms with Crippen LogP contribution in [-0.4, -0.2) is 33.2 Å². The van der Waals surface area contributed by atoms with Crippen LogP contribution < -0.4 is 15.4 Å². The Balaban J connectivity index is 2.51. The number of carbonyl (C=O) groups is 1. The molecular formula is C14H22N2O2. The average Bonchev–Trinajstić information content (AvgIpc) is 2.42. The summed E-state index contributed by atoms with van der Waals surface area (Å²) in [7, 11) is 3.53. The van der Waals surface area contributed by atoms with Gasteiger partial charge in [-0.15, -0.1) is 0 Å².